The van der Waals surface area contributed by atoms with E-state index < -0.39 is 17.7 Å². The summed E-state index contributed by atoms with van der Waals surface area (Å²) in [6, 6.07) is 18.4. The van der Waals surface area contributed by atoms with Crippen LogP contribution in [0.4, 0.5) is 0 Å². The van der Waals surface area contributed by atoms with Crippen LogP contribution in [0.1, 0.15) is 11.3 Å². The Balaban J connectivity index is 1.88. The maximum atomic E-state index is 12.5. The van der Waals surface area contributed by atoms with E-state index in [2.05, 4.69) is 15.3 Å². The lowest BCUT2D eigenvalue weighted by Gasteiger charge is -2.24. The zero-order valence-electron chi connectivity index (χ0n) is 15.1. The van der Waals surface area contributed by atoms with Gasteiger partial charge in [0.2, 0.25) is 5.79 Å². The lowest BCUT2D eigenvalue weighted by molar-refractivity contribution is -0.175. The number of aromatic nitrogens is 1. The number of hydrogen-bond donors (Lipinski definition) is 3. The molecule has 2 heterocycles. The highest BCUT2D eigenvalue weighted by molar-refractivity contribution is 6.24. The molecule has 142 valence electrons. The van der Waals surface area contributed by atoms with Gasteiger partial charge in [0.15, 0.2) is 0 Å². The quantitative estimate of drug-likeness (QED) is 0.359. The number of ether oxygens (including phenoxy) is 1. The molecule has 2 aromatic carbocycles. The van der Waals surface area contributed by atoms with E-state index in [1.54, 1.807) is 6.07 Å². The molecule has 3 N–H and O–H groups in total. The highest BCUT2D eigenvalue weighted by Gasteiger charge is 2.50. The first-order valence-corrected chi connectivity index (χ1v) is 8.67. The fraction of sp³-hybridized carbons (Fsp3) is 0.143. The van der Waals surface area contributed by atoms with Gasteiger partial charge in [0.1, 0.15) is 5.57 Å². The Morgan fingerprint density at radius 3 is 2.61 bits per heavy atom. The van der Waals surface area contributed by atoms with Crippen molar-refractivity contribution in [2.24, 2.45) is 0 Å². The van der Waals surface area contributed by atoms with Crippen molar-refractivity contribution in [1.29, 1.82) is 0 Å². The van der Waals surface area contributed by atoms with Crippen molar-refractivity contribution in [2.45, 2.75) is 12.2 Å². The molecule has 0 saturated carbocycles. The number of esters is 1. The predicted molar refractivity (Wildman–Crippen MR) is 102 cm³/mol. The standard InChI is InChI=1S/C21H18N2O5/c1-27-23-19(24)17-18(16-11-14-9-5-6-10-15(14)22-16)21(26,28-20(17)25)12-13-7-3-2-4-8-13/h2-11,22,26H,12H2,1H3,(H,23,24). The van der Waals surface area contributed by atoms with Crippen LogP contribution in [-0.4, -0.2) is 34.9 Å². The van der Waals surface area contributed by atoms with Crippen LogP contribution in [0.3, 0.4) is 0 Å². The van der Waals surface area contributed by atoms with E-state index in [1.165, 1.54) is 7.11 Å². The van der Waals surface area contributed by atoms with E-state index >= 15 is 0 Å². The molecule has 28 heavy (non-hydrogen) atoms. The summed E-state index contributed by atoms with van der Waals surface area (Å²) in [4.78, 5) is 32.8. The van der Waals surface area contributed by atoms with Crippen LogP contribution in [0.15, 0.2) is 66.2 Å². The third-order valence-corrected chi connectivity index (χ3v) is 4.61. The van der Waals surface area contributed by atoms with Gasteiger partial charge in [-0.05, 0) is 23.1 Å². The number of hydroxylamine groups is 1. The summed E-state index contributed by atoms with van der Waals surface area (Å²) >= 11 is 0. The molecule has 4 rings (SSSR count). The average Bonchev–Trinajstić information content (AvgIpc) is 3.20. The van der Waals surface area contributed by atoms with Crippen molar-refractivity contribution in [1.82, 2.24) is 10.5 Å². The van der Waals surface area contributed by atoms with Gasteiger partial charge in [0.25, 0.3) is 5.91 Å². The number of carbonyl (C=O) groups is 2. The predicted octanol–water partition coefficient (Wildman–Crippen LogP) is 2.09. The highest BCUT2D eigenvalue weighted by atomic mass is 16.7. The Morgan fingerprint density at radius 2 is 1.89 bits per heavy atom. The number of nitrogens with one attached hydrogen (secondary N) is 2. The number of carbonyl (C=O) groups excluding carboxylic acids is 2. The zero-order valence-corrected chi connectivity index (χ0v) is 15.1. The summed E-state index contributed by atoms with van der Waals surface area (Å²) < 4.78 is 5.30. The average molecular weight is 378 g/mol. The molecule has 1 aliphatic heterocycles. The monoisotopic (exact) mass is 378 g/mol. The SMILES string of the molecule is CONC(=O)C1=C(c2cc3ccccc3[nH]2)C(O)(Cc2ccccc2)OC1=O. The minimum absolute atomic E-state index is 0.00591. The molecule has 1 atom stereocenters. The molecule has 0 bridgehead atoms. The number of fused-ring (bicyclic) bond motifs is 1. The van der Waals surface area contributed by atoms with E-state index in [-0.39, 0.29) is 17.6 Å². The number of benzene rings is 2. The van der Waals surface area contributed by atoms with Gasteiger partial charge in [0, 0.05) is 11.9 Å². The molecule has 0 fully saturated rings. The van der Waals surface area contributed by atoms with Crippen LogP contribution in [0.2, 0.25) is 0 Å². The molecule has 1 amide bonds. The normalized spacial score (nSPS) is 19.1. The third-order valence-electron chi connectivity index (χ3n) is 4.61. The Bertz CT molecular complexity index is 1050. The van der Waals surface area contributed by atoms with Crippen LogP contribution in [0.5, 0.6) is 0 Å². The van der Waals surface area contributed by atoms with Crippen molar-refractivity contribution in [3.05, 3.63) is 77.5 Å². The topological polar surface area (TPSA) is 101 Å². The van der Waals surface area contributed by atoms with Crippen LogP contribution in [0, 0.1) is 0 Å². The van der Waals surface area contributed by atoms with E-state index in [0.717, 1.165) is 16.5 Å². The Morgan fingerprint density at radius 1 is 1.18 bits per heavy atom. The van der Waals surface area contributed by atoms with Crippen LogP contribution in [-0.2, 0) is 25.6 Å². The second-order valence-corrected chi connectivity index (χ2v) is 6.49. The van der Waals surface area contributed by atoms with Gasteiger partial charge >= 0.3 is 5.97 Å². The molecular weight excluding hydrogens is 360 g/mol. The molecular formula is C21H18N2O5. The first kappa shape index (κ1) is 18.0. The van der Waals surface area contributed by atoms with Crippen LogP contribution in [0.25, 0.3) is 16.5 Å². The minimum atomic E-state index is -2.00. The number of para-hydroxylation sites is 1. The van der Waals surface area contributed by atoms with E-state index in [9.17, 15) is 14.7 Å². The van der Waals surface area contributed by atoms with Gasteiger partial charge in [-0.1, -0.05) is 48.5 Å². The van der Waals surface area contributed by atoms with Gasteiger partial charge in [-0.15, -0.1) is 0 Å². The van der Waals surface area contributed by atoms with Crippen molar-refractivity contribution in [3.8, 4) is 0 Å². The van der Waals surface area contributed by atoms with Gasteiger partial charge in [-0.25, -0.2) is 10.3 Å². The summed E-state index contributed by atoms with van der Waals surface area (Å²) in [5.41, 5.74) is 3.88. The first-order valence-electron chi connectivity index (χ1n) is 8.67. The number of hydrogen-bond acceptors (Lipinski definition) is 5. The van der Waals surface area contributed by atoms with E-state index in [4.69, 9.17) is 4.74 Å². The molecule has 0 radical (unpaired) electrons. The Hall–Kier alpha value is -3.42. The van der Waals surface area contributed by atoms with Crippen LogP contribution >= 0.6 is 0 Å². The molecule has 7 nitrogen and oxygen atoms in total. The number of aromatic amines is 1. The molecule has 1 aliphatic rings. The summed E-state index contributed by atoms with van der Waals surface area (Å²) in [6.45, 7) is 0. The molecule has 0 saturated heterocycles. The number of rotatable bonds is 5. The zero-order chi connectivity index (χ0) is 19.7. The molecule has 1 aromatic heterocycles. The minimum Gasteiger partial charge on any atom is -0.425 e. The van der Waals surface area contributed by atoms with Crippen molar-refractivity contribution < 1.29 is 24.3 Å². The first-order chi connectivity index (χ1) is 13.5. The summed E-state index contributed by atoms with van der Waals surface area (Å²) in [6.07, 6.45) is -0.00591. The number of aliphatic hydroxyl groups is 1. The van der Waals surface area contributed by atoms with Gasteiger partial charge in [-0.2, -0.15) is 0 Å². The Labute approximate surface area is 160 Å². The molecule has 0 spiro atoms. The number of cyclic esters (lactones) is 1. The number of H-pyrrole nitrogens is 1. The van der Waals surface area contributed by atoms with Gasteiger partial charge < -0.3 is 14.8 Å². The van der Waals surface area contributed by atoms with Gasteiger partial charge in [0.05, 0.1) is 18.4 Å². The van der Waals surface area contributed by atoms with E-state index in [0.29, 0.717) is 5.69 Å². The molecule has 3 aromatic rings. The van der Waals surface area contributed by atoms with E-state index in [1.807, 2.05) is 54.6 Å². The summed E-state index contributed by atoms with van der Waals surface area (Å²) in [5, 5.41) is 12.2. The molecule has 7 heteroatoms. The van der Waals surface area contributed by atoms with Crippen LogP contribution < -0.4 is 5.48 Å². The fourth-order valence-electron chi connectivity index (χ4n) is 3.45. The molecule has 1 unspecified atom stereocenters. The summed E-state index contributed by atoms with van der Waals surface area (Å²) in [7, 11) is 1.26. The highest BCUT2D eigenvalue weighted by Crippen LogP contribution is 2.41. The largest absolute Gasteiger partial charge is 0.425 e. The maximum Gasteiger partial charge on any atom is 0.347 e. The molecule has 0 aliphatic carbocycles. The van der Waals surface area contributed by atoms with Gasteiger partial charge in [-0.3, -0.25) is 9.63 Å². The third kappa shape index (κ3) is 3.06. The van der Waals surface area contributed by atoms with Crippen molar-refractivity contribution in [3.63, 3.8) is 0 Å². The summed E-state index contributed by atoms with van der Waals surface area (Å²) in [5.74, 6) is -3.70. The smallest absolute Gasteiger partial charge is 0.347 e. The Kier molecular flexibility index (Phi) is 4.46. The second-order valence-electron chi connectivity index (χ2n) is 6.49. The van der Waals surface area contributed by atoms with Crippen molar-refractivity contribution >= 4 is 28.4 Å². The second kappa shape index (κ2) is 6.95. The lowest BCUT2D eigenvalue weighted by atomic mass is 9.93. The fourth-order valence-corrected chi connectivity index (χ4v) is 3.45. The van der Waals surface area contributed by atoms with Crippen molar-refractivity contribution in [2.75, 3.05) is 7.11 Å². The lowest BCUT2D eigenvalue weighted by Crippen LogP contribution is -2.34. The maximum absolute atomic E-state index is 12.5. The number of amides is 1.